The lowest BCUT2D eigenvalue weighted by molar-refractivity contribution is -0.184. The van der Waals surface area contributed by atoms with E-state index in [1.165, 1.54) is 6.42 Å². The smallest absolute Gasteiger partial charge is 0.356 e. The van der Waals surface area contributed by atoms with Crippen LogP contribution in [0.25, 0.3) is 0 Å². The van der Waals surface area contributed by atoms with Crippen molar-refractivity contribution in [1.29, 1.82) is 0 Å². The van der Waals surface area contributed by atoms with E-state index in [4.69, 9.17) is 0 Å². The molecule has 2 fully saturated rings. The third kappa shape index (κ3) is 4.36. The van der Waals surface area contributed by atoms with Gasteiger partial charge in [0.05, 0.1) is 5.92 Å². The SMILES string of the molecule is O=C(NCC[C@H]1CCCN1)C1CCC(C(F)(F)F)CC1. The second kappa shape index (κ2) is 6.78. The Kier molecular flexibility index (Phi) is 5.29. The minimum Gasteiger partial charge on any atom is -0.356 e. The van der Waals surface area contributed by atoms with E-state index in [2.05, 4.69) is 10.6 Å². The molecule has 1 atom stereocenters. The van der Waals surface area contributed by atoms with Gasteiger partial charge in [-0.25, -0.2) is 0 Å². The van der Waals surface area contributed by atoms with E-state index < -0.39 is 12.1 Å². The van der Waals surface area contributed by atoms with E-state index in [-0.39, 0.29) is 24.7 Å². The van der Waals surface area contributed by atoms with Gasteiger partial charge in [-0.15, -0.1) is 0 Å². The molecule has 116 valence electrons. The molecule has 1 saturated heterocycles. The molecule has 0 aromatic carbocycles. The first kappa shape index (κ1) is 15.6. The van der Waals surface area contributed by atoms with Crippen LogP contribution in [-0.2, 0) is 4.79 Å². The molecular formula is C14H23F3N2O. The number of halogens is 3. The fourth-order valence-corrected chi connectivity index (χ4v) is 3.20. The third-order valence-corrected chi connectivity index (χ3v) is 4.52. The molecule has 6 heteroatoms. The molecule has 1 heterocycles. The molecule has 1 aliphatic carbocycles. The third-order valence-electron chi connectivity index (χ3n) is 4.52. The Balaban J connectivity index is 1.64. The Morgan fingerprint density at radius 3 is 2.40 bits per heavy atom. The van der Waals surface area contributed by atoms with E-state index >= 15 is 0 Å². The van der Waals surface area contributed by atoms with Gasteiger partial charge in [-0.3, -0.25) is 4.79 Å². The Morgan fingerprint density at radius 1 is 1.15 bits per heavy atom. The molecule has 20 heavy (non-hydrogen) atoms. The summed E-state index contributed by atoms with van der Waals surface area (Å²) in [5.41, 5.74) is 0. The molecule has 1 saturated carbocycles. The maximum atomic E-state index is 12.5. The molecule has 0 bridgehead atoms. The summed E-state index contributed by atoms with van der Waals surface area (Å²) in [7, 11) is 0. The van der Waals surface area contributed by atoms with Gasteiger partial charge < -0.3 is 10.6 Å². The summed E-state index contributed by atoms with van der Waals surface area (Å²) in [6, 6.07) is 0.483. The average molecular weight is 292 g/mol. The zero-order valence-electron chi connectivity index (χ0n) is 11.6. The van der Waals surface area contributed by atoms with Gasteiger partial charge in [-0.1, -0.05) is 0 Å². The predicted molar refractivity (Wildman–Crippen MR) is 70.2 cm³/mol. The lowest BCUT2D eigenvalue weighted by Crippen LogP contribution is -2.37. The summed E-state index contributed by atoms with van der Waals surface area (Å²) in [6.07, 6.45) is 0.0266. The van der Waals surface area contributed by atoms with Crippen molar-refractivity contribution in [3.05, 3.63) is 0 Å². The monoisotopic (exact) mass is 292 g/mol. The maximum Gasteiger partial charge on any atom is 0.391 e. The minimum absolute atomic E-state index is 0.0661. The standard InChI is InChI=1S/C14H23F3N2O/c15-14(16,17)11-5-3-10(4-6-11)13(20)19-9-7-12-2-1-8-18-12/h10-12,18H,1-9H2,(H,19,20)/t10?,11?,12-/m1/s1. The molecule has 2 rings (SSSR count). The molecule has 0 unspecified atom stereocenters. The number of carbonyl (C=O) groups excluding carboxylic acids is 1. The predicted octanol–water partition coefficient (Wildman–Crippen LogP) is 2.61. The van der Waals surface area contributed by atoms with E-state index in [0.29, 0.717) is 25.4 Å². The van der Waals surface area contributed by atoms with Gasteiger partial charge in [0.25, 0.3) is 0 Å². The van der Waals surface area contributed by atoms with Crippen molar-refractivity contribution in [2.75, 3.05) is 13.1 Å². The summed E-state index contributed by atoms with van der Waals surface area (Å²) < 4.78 is 37.6. The highest BCUT2D eigenvalue weighted by Crippen LogP contribution is 2.39. The lowest BCUT2D eigenvalue weighted by Gasteiger charge is -2.29. The Labute approximate surface area is 117 Å². The van der Waals surface area contributed by atoms with Crippen molar-refractivity contribution in [1.82, 2.24) is 10.6 Å². The van der Waals surface area contributed by atoms with Crippen LogP contribution in [0.2, 0.25) is 0 Å². The van der Waals surface area contributed by atoms with Crippen LogP contribution < -0.4 is 10.6 Å². The number of hydrogen-bond acceptors (Lipinski definition) is 2. The summed E-state index contributed by atoms with van der Waals surface area (Å²) in [6.45, 7) is 1.66. The molecule has 1 amide bonds. The molecule has 2 N–H and O–H groups in total. The summed E-state index contributed by atoms with van der Waals surface area (Å²) >= 11 is 0. The van der Waals surface area contributed by atoms with Crippen molar-refractivity contribution in [2.24, 2.45) is 11.8 Å². The maximum absolute atomic E-state index is 12.5. The normalized spacial score (nSPS) is 31.2. The fraction of sp³-hybridized carbons (Fsp3) is 0.929. The van der Waals surface area contributed by atoms with E-state index in [9.17, 15) is 18.0 Å². The molecule has 1 aliphatic heterocycles. The Morgan fingerprint density at radius 2 is 1.85 bits per heavy atom. The molecule has 0 spiro atoms. The lowest BCUT2D eigenvalue weighted by atomic mass is 9.81. The highest BCUT2D eigenvalue weighted by Gasteiger charge is 2.42. The van der Waals surface area contributed by atoms with Gasteiger partial charge in [-0.2, -0.15) is 13.2 Å². The number of amides is 1. The molecule has 3 nitrogen and oxygen atoms in total. The first-order valence-corrected chi connectivity index (χ1v) is 7.54. The van der Waals surface area contributed by atoms with E-state index in [1.54, 1.807) is 0 Å². The number of alkyl halides is 3. The van der Waals surface area contributed by atoms with Crippen molar-refractivity contribution in [3.8, 4) is 0 Å². The largest absolute Gasteiger partial charge is 0.391 e. The fourth-order valence-electron chi connectivity index (χ4n) is 3.20. The number of hydrogen-bond donors (Lipinski definition) is 2. The van der Waals surface area contributed by atoms with E-state index in [1.807, 2.05) is 0 Å². The highest BCUT2D eigenvalue weighted by molar-refractivity contribution is 5.78. The zero-order chi connectivity index (χ0) is 14.6. The van der Waals surface area contributed by atoms with Crippen LogP contribution in [0, 0.1) is 11.8 Å². The van der Waals surface area contributed by atoms with Crippen molar-refractivity contribution in [3.63, 3.8) is 0 Å². The van der Waals surface area contributed by atoms with Crippen molar-refractivity contribution >= 4 is 5.91 Å². The number of rotatable bonds is 4. The van der Waals surface area contributed by atoms with Gasteiger partial charge in [0.2, 0.25) is 5.91 Å². The van der Waals surface area contributed by atoms with Crippen LogP contribution in [0.15, 0.2) is 0 Å². The zero-order valence-corrected chi connectivity index (χ0v) is 11.6. The van der Waals surface area contributed by atoms with Gasteiger partial charge >= 0.3 is 6.18 Å². The second-order valence-corrected chi connectivity index (χ2v) is 5.96. The van der Waals surface area contributed by atoms with Crippen LogP contribution in [0.4, 0.5) is 13.2 Å². The summed E-state index contributed by atoms with van der Waals surface area (Å²) in [5.74, 6) is -1.51. The summed E-state index contributed by atoms with van der Waals surface area (Å²) in [5, 5.41) is 6.23. The molecule has 0 radical (unpaired) electrons. The minimum atomic E-state index is -4.10. The van der Waals surface area contributed by atoms with Crippen LogP contribution in [0.1, 0.15) is 44.9 Å². The van der Waals surface area contributed by atoms with Gasteiger partial charge in [0.1, 0.15) is 0 Å². The molecule has 0 aromatic rings. The van der Waals surface area contributed by atoms with Crippen LogP contribution >= 0.6 is 0 Å². The van der Waals surface area contributed by atoms with Crippen LogP contribution in [-0.4, -0.2) is 31.2 Å². The van der Waals surface area contributed by atoms with Crippen molar-refractivity contribution in [2.45, 2.75) is 57.2 Å². The van der Waals surface area contributed by atoms with Crippen LogP contribution in [0.5, 0.6) is 0 Å². The average Bonchev–Trinajstić information content (AvgIpc) is 2.91. The van der Waals surface area contributed by atoms with Crippen LogP contribution in [0.3, 0.4) is 0 Å². The van der Waals surface area contributed by atoms with Gasteiger partial charge in [0.15, 0.2) is 0 Å². The molecular weight excluding hydrogens is 269 g/mol. The number of nitrogens with one attached hydrogen (secondary N) is 2. The molecule has 0 aromatic heterocycles. The number of carbonyl (C=O) groups is 1. The van der Waals surface area contributed by atoms with Gasteiger partial charge in [0, 0.05) is 18.5 Å². The Bertz CT molecular complexity index is 319. The first-order chi connectivity index (χ1) is 9.47. The quantitative estimate of drug-likeness (QED) is 0.836. The summed E-state index contributed by atoms with van der Waals surface area (Å²) in [4.78, 5) is 11.9. The molecule has 2 aliphatic rings. The topological polar surface area (TPSA) is 41.1 Å². The first-order valence-electron chi connectivity index (χ1n) is 7.54. The second-order valence-electron chi connectivity index (χ2n) is 5.96. The van der Waals surface area contributed by atoms with Gasteiger partial charge in [-0.05, 0) is 51.5 Å². The van der Waals surface area contributed by atoms with Crippen molar-refractivity contribution < 1.29 is 18.0 Å². The highest BCUT2D eigenvalue weighted by atomic mass is 19.4. The Hall–Kier alpha value is -0.780. The van der Waals surface area contributed by atoms with E-state index in [0.717, 1.165) is 19.4 Å².